The molecular formula is C22H24BrN3O4S. The van der Waals surface area contributed by atoms with Crippen LogP contribution in [0, 0.1) is 10.1 Å². The summed E-state index contributed by atoms with van der Waals surface area (Å²) in [5.74, 6) is 0.249. The van der Waals surface area contributed by atoms with Gasteiger partial charge in [-0.3, -0.25) is 15.0 Å². The number of fused-ring (bicyclic) bond motifs is 1. The highest BCUT2D eigenvalue weighted by atomic mass is 79.9. The van der Waals surface area contributed by atoms with Gasteiger partial charge in [0.2, 0.25) is 10.0 Å². The van der Waals surface area contributed by atoms with Crippen molar-refractivity contribution in [1.29, 1.82) is 0 Å². The maximum absolute atomic E-state index is 13.3. The molecule has 0 spiro atoms. The molecule has 2 aromatic rings. The molecule has 2 aliphatic heterocycles. The van der Waals surface area contributed by atoms with Crippen molar-refractivity contribution in [3.8, 4) is 0 Å². The molecule has 2 aliphatic rings. The predicted octanol–water partition coefficient (Wildman–Crippen LogP) is 4.16. The van der Waals surface area contributed by atoms with Gasteiger partial charge < -0.3 is 0 Å². The van der Waals surface area contributed by atoms with Crippen molar-refractivity contribution in [3.63, 3.8) is 0 Å². The summed E-state index contributed by atoms with van der Waals surface area (Å²) in [6, 6.07) is 13.8. The molecule has 2 heterocycles. The van der Waals surface area contributed by atoms with E-state index in [2.05, 4.69) is 39.9 Å². The van der Waals surface area contributed by atoms with Gasteiger partial charge in [-0.1, -0.05) is 47.1 Å². The van der Waals surface area contributed by atoms with Gasteiger partial charge in [0.1, 0.15) is 0 Å². The first-order valence-electron chi connectivity index (χ1n) is 10.2. The van der Waals surface area contributed by atoms with Crippen LogP contribution in [-0.4, -0.2) is 54.3 Å². The van der Waals surface area contributed by atoms with Crippen molar-refractivity contribution in [3.05, 3.63) is 80.8 Å². The summed E-state index contributed by atoms with van der Waals surface area (Å²) in [5, 5.41) is 10.9. The van der Waals surface area contributed by atoms with Crippen molar-refractivity contribution in [1.82, 2.24) is 9.21 Å². The first-order valence-corrected chi connectivity index (χ1v) is 12.5. The fourth-order valence-electron chi connectivity index (χ4n) is 4.68. The van der Waals surface area contributed by atoms with E-state index in [1.165, 1.54) is 34.1 Å². The van der Waals surface area contributed by atoms with Crippen LogP contribution in [0.1, 0.15) is 24.8 Å². The summed E-state index contributed by atoms with van der Waals surface area (Å²) >= 11 is 3.48. The summed E-state index contributed by atoms with van der Waals surface area (Å²) in [5.41, 5.74) is 1.09. The molecule has 0 aromatic heterocycles. The van der Waals surface area contributed by atoms with Gasteiger partial charge in [0.25, 0.3) is 5.69 Å². The number of benzene rings is 2. The Bertz CT molecular complexity index is 1090. The predicted molar refractivity (Wildman–Crippen MR) is 122 cm³/mol. The number of rotatable bonds is 5. The van der Waals surface area contributed by atoms with Crippen LogP contribution in [-0.2, 0) is 10.0 Å². The maximum Gasteiger partial charge on any atom is 0.269 e. The number of halogens is 1. The van der Waals surface area contributed by atoms with Gasteiger partial charge in [-0.05, 0) is 36.2 Å². The fraction of sp³-hybridized carbons (Fsp3) is 0.364. The maximum atomic E-state index is 13.3. The van der Waals surface area contributed by atoms with Crippen molar-refractivity contribution in [2.24, 2.45) is 0 Å². The molecule has 0 saturated carbocycles. The molecule has 31 heavy (non-hydrogen) atoms. The zero-order chi connectivity index (χ0) is 22.2. The van der Waals surface area contributed by atoms with Crippen LogP contribution < -0.4 is 0 Å². The Morgan fingerprint density at radius 3 is 2.32 bits per heavy atom. The molecule has 0 aliphatic carbocycles. The Morgan fingerprint density at radius 2 is 1.71 bits per heavy atom. The fourth-order valence-corrected chi connectivity index (χ4v) is 6.35. The second-order valence-electron chi connectivity index (χ2n) is 7.86. The summed E-state index contributed by atoms with van der Waals surface area (Å²) in [4.78, 5) is 12.8. The topological polar surface area (TPSA) is 83.8 Å². The van der Waals surface area contributed by atoms with E-state index in [9.17, 15) is 18.5 Å². The molecule has 0 radical (unpaired) electrons. The Balaban J connectivity index is 1.64. The summed E-state index contributed by atoms with van der Waals surface area (Å²) in [7, 11) is -3.78. The second-order valence-corrected chi connectivity index (χ2v) is 10.7. The van der Waals surface area contributed by atoms with E-state index in [1.54, 1.807) is 0 Å². The van der Waals surface area contributed by atoms with Gasteiger partial charge in [-0.2, -0.15) is 4.31 Å². The number of nitrogens with zero attached hydrogens (tertiary/aromatic N) is 3. The van der Waals surface area contributed by atoms with Crippen molar-refractivity contribution >= 4 is 31.6 Å². The lowest BCUT2D eigenvalue weighted by atomic mass is 9.73. The van der Waals surface area contributed by atoms with E-state index in [0.717, 1.165) is 17.4 Å². The van der Waals surface area contributed by atoms with E-state index in [0.29, 0.717) is 12.6 Å². The number of non-ortho nitro benzene ring substituents is 1. The Morgan fingerprint density at radius 1 is 1.06 bits per heavy atom. The van der Waals surface area contributed by atoms with Gasteiger partial charge >= 0.3 is 0 Å². The monoisotopic (exact) mass is 505 g/mol. The Kier molecular flexibility index (Phi) is 6.30. The summed E-state index contributed by atoms with van der Waals surface area (Å²) in [6.07, 6.45) is 4.91. The Hall–Kier alpha value is -2.07. The van der Waals surface area contributed by atoms with Gasteiger partial charge in [-0.15, -0.1) is 0 Å². The highest BCUT2D eigenvalue weighted by Gasteiger charge is 2.49. The van der Waals surface area contributed by atoms with Gasteiger partial charge in [0.05, 0.1) is 9.82 Å². The minimum Gasteiger partial charge on any atom is -0.291 e. The number of sulfonamides is 1. The van der Waals surface area contributed by atoms with Crippen molar-refractivity contribution in [2.75, 3.05) is 19.6 Å². The van der Waals surface area contributed by atoms with E-state index in [-0.39, 0.29) is 29.1 Å². The van der Waals surface area contributed by atoms with Crippen molar-refractivity contribution < 1.29 is 13.3 Å². The van der Waals surface area contributed by atoms with E-state index < -0.39 is 14.9 Å². The first kappa shape index (κ1) is 22.1. The van der Waals surface area contributed by atoms with Crippen LogP contribution in [0.5, 0.6) is 0 Å². The normalized spacial score (nSPS) is 25.7. The third-order valence-electron chi connectivity index (χ3n) is 6.22. The number of nitro benzene ring substituents is 1. The molecule has 0 amide bonds. The first-order chi connectivity index (χ1) is 14.8. The Labute approximate surface area is 190 Å². The van der Waals surface area contributed by atoms with Crippen LogP contribution in [0.3, 0.4) is 0 Å². The van der Waals surface area contributed by atoms with Crippen LogP contribution in [0.2, 0.25) is 0 Å². The van der Waals surface area contributed by atoms with Crippen LogP contribution in [0.15, 0.2) is 70.1 Å². The molecule has 0 N–H and O–H groups in total. The molecule has 0 unspecified atom stereocenters. The largest absolute Gasteiger partial charge is 0.291 e. The quantitative estimate of drug-likeness (QED) is 0.346. The average molecular weight is 506 g/mol. The molecular weight excluding hydrogens is 482 g/mol. The smallest absolute Gasteiger partial charge is 0.269 e. The highest BCUT2D eigenvalue weighted by molar-refractivity contribution is 9.10. The molecule has 9 heteroatoms. The third-order valence-corrected chi connectivity index (χ3v) is 8.60. The second kappa shape index (κ2) is 8.82. The SMILES string of the molecule is CC[C@@H]1[C@H](c2ccc(Br)cc2)[C@@H]2CN(S(=O)(=O)c3ccc([N+](=O)[O-])cc3)C/C=C\CN12. The van der Waals surface area contributed by atoms with Crippen molar-refractivity contribution in [2.45, 2.75) is 36.2 Å². The standard InChI is InChI=1S/C22H24BrN3O4S/c1-2-20-22(16-5-7-17(23)8-6-16)21-15-24(13-3-4-14-25(20)21)31(29,30)19-11-9-18(10-12-19)26(27)28/h3-12,20-22H,2,13-15H2,1H3/b4-3-/t20-,21+,22+/m1/s1. The molecule has 4 rings (SSSR count). The molecule has 164 valence electrons. The molecule has 0 bridgehead atoms. The van der Waals surface area contributed by atoms with Gasteiger partial charge in [0.15, 0.2) is 0 Å². The minimum absolute atomic E-state index is 0.0731. The van der Waals surface area contributed by atoms with Crippen LogP contribution in [0.25, 0.3) is 0 Å². The number of hydrogen-bond acceptors (Lipinski definition) is 5. The average Bonchev–Trinajstić information content (AvgIpc) is 2.73. The summed E-state index contributed by atoms with van der Waals surface area (Å²) < 4.78 is 29.2. The molecule has 1 saturated heterocycles. The lowest BCUT2D eigenvalue weighted by molar-refractivity contribution is -0.384. The molecule has 2 aromatic carbocycles. The third kappa shape index (κ3) is 4.19. The van der Waals surface area contributed by atoms with Crippen LogP contribution >= 0.6 is 15.9 Å². The highest BCUT2D eigenvalue weighted by Crippen LogP contribution is 2.43. The zero-order valence-electron chi connectivity index (χ0n) is 17.1. The molecule has 7 nitrogen and oxygen atoms in total. The zero-order valence-corrected chi connectivity index (χ0v) is 19.5. The van der Waals surface area contributed by atoms with E-state index in [4.69, 9.17) is 0 Å². The molecule has 3 atom stereocenters. The van der Waals surface area contributed by atoms with E-state index >= 15 is 0 Å². The number of nitro groups is 1. The van der Waals surface area contributed by atoms with Crippen LogP contribution in [0.4, 0.5) is 5.69 Å². The van der Waals surface area contributed by atoms with Gasteiger partial charge in [-0.25, -0.2) is 8.42 Å². The van der Waals surface area contributed by atoms with E-state index in [1.807, 2.05) is 24.3 Å². The molecule has 1 fully saturated rings. The lowest BCUT2D eigenvalue weighted by Gasteiger charge is -2.56. The van der Waals surface area contributed by atoms with Gasteiger partial charge in [0, 0.05) is 54.2 Å². The number of hydrogen-bond donors (Lipinski definition) is 0. The lowest BCUT2D eigenvalue weighted by Crippen LogP contribution is -2.66. The summed E-state index contributed by atoms with van der Waals surface area (Å²) in [6.45, 7) is 3.64. The minimum atomic E-state index is -3.78.